The van der Waals surface area contributed by atoms with Crippen LogP contribution in [0, 0.1) is 6.92 Å². The van der Waals surface area contributed by atoms with Crippen LogP contribution in [-0.2, 0) is 0 Å². The first-order valence-corrected chi connectivity index (χ1v) is 7.39. The van der Waals surface area contributed by atoms with E-state index in [-0.39, 0.29) is 12.4 Å². The molecule has 5 heteroatoms. The van der Waals surface area contributed by atoms with E-state index in [1.165, 1.54) is 0 Å². The Morgan fingerprint density at radius 2 is 1.95 bits per heavy atom. The van der Waals surface area contributed by atoms with Crippen molar-refractivity contribution in [2.75, 3.05) is 6.61 Å². The second kappa shape index (κ2) is 6.61. The van der Waals surface area contributed by atoms with Gasteiger partial charge in [0.2, 0.25) is 5.78 Å². The quantitative estimate of drug-likeness (QED) is 0.677. The second-order valence-electron chi connectivity index (χ2n) is 4.25. The zero-order chi connectivity index (χ0) is 14.7. The predicted octanol–water partition coefficient (Wildman–Crippen LogP) is 5.33. The number of hydrogen-bond acceptors (Lipinski definition) is 2. The molecule has 2 aromatic rings. The van der Waals surface area contributed by atoms with E-state index in [9.17, 15) is 4.79 Å². The van der Waals surface area contributed by atoms with Crippen LogP contribution in [0.3, 0.4) is 0 Å². The van der Waals surface area contributed by atoms with E-state index in [4.69, 9.17) is 27.9 Å². The molecule has 0 aliphatic heterocycles. The van der Waals surface area contributed by atoms with Gasteiger partial charge in [0.05, 0.1) is 5.02 Å². The van der Waals surface area contributed by atoms with E-state index in [2.05, 4.69) is 15.9 Å². The maximum atomic E-state index is 12.1. The lowest BCUT2D eigenvalue weighted by Crippen LogP contribution is -2.12. The number of carbonyl (C=O) groups is 1. The molecule has 0 aromatic heterocycles. The van der Waals surface area contributed by atoms with Gasteiger partial charge >= 0.3 is 0 Å². The van der Waals surface area contributed by atoms with Crippen molar-refractivity contribution >= 4 is 44.9 Å². The molecule has 0 bridgehead atoms. The molecule has 0 saturated heterocycles. The van der Waals surface area contributed by atoms with Crippen molar-refractivity contribution in [2.45, 2.75) is 6.92 Å². The number of ether oxygens (including phenoxy) is 1. The summed E-state index contributed by atoms with van der Waals surface area (Å²) in [6.07, 6.45) is 0. The normalized spacial score (nSPS) is 10.4. The SMILES string of the molecule is Cc1ccc(Br)cc1OCC(=O)c1cc(Cl)ccc1Cl. The minimum Gasteiger partial charge on any atom is -0.485 e. The summed E-state index contributed by atoms with van der Waals surface area (Å²) < 4.78 is 6.44. The van der Waals surface area contributed by atoms with E-state index in [0.29, 0.717) is 21.4 Å². The average molecular weight is 374 g/mol. The number of hydrogen-bond donors (Lipinski definition) is 0. The Hall–Kier alpha value is -1.03. The average Bonchev–Trinajstić information content (AvgIpc) is 2.42. The van der Waals surface area contributed by atoms with Gasteiger partial charge in [-0.25, -0.2) is 0 Å². The minimum absolute atomic E-state index is 0.0860. The van der Waals surface area contributed by atoms with Gasteiger partial charge in [0, 0.05) is 15.1 Å². The van der Waals surface area contributed by atoms with Crippen molar-refractivity contribution in [2.24, 2.45) is 0 Å². The minimum atomic E-state index is -0.211. The molecule has 0 radical (unpaired) electrons. The van der Waals surface area contributed by atoms with E-state index in [1.807, 2.05) is 25.1 Å². The highest BCUT2D eigenvalue weighted by atomic mass is 79.9. The Bertz CT molecular complexity index is 656. The molecule has 0 N–H and O–H groups in total. The van der Waals surface area contributed by atoms with Crippen molar-refractivity contribution < 1.29 is 9.53 Å². The number of rotatable bonds is 4. The fraction of sp³-hybridized carbons (Fsp3) is 0.133. The zero-order valence-electron chi connectivity index (χ0n) is 10.6. The fourth-order valence-electron chi connectivity index (χ4n) is 1.66. The Balaban J connectivity index is 2.12. The van der Waals surface area contributed by atoms with Crippen LogP contribution in [0.2, 0.25) is 10.0 Å². The largest absolute Gasteiger partial charge is 0.485 e. The van der Waals surface area contributed by atoms with Gasteiger partial charge in [-0.2, -0.15) is 0 Å². The molecular weight excluding hydrogens is 363 g/mol. The van der Waals surface area contributed by atoms with Gasteiger partial charge in [-0.3, -0.25) is 4.79 Å². The Kier molecular flexibility index (Phi) is 5.08. The second-order valence-corrected chi connectivity index (χ2v) is 6.01. The van der Waals surface area contributed by atoms with Gasteiger partial charge in [0.25, 0.3) is 0 Å². The number of benzene rings is 2. The van der Waals surface area contributed by atoms with Crippen molar-refractivity contribution in [3.63, 3.8) is 0 Å². The molecule has 0 atom stereocenters. The van der Waals surface area contributed by atoms with E-state index in [0.717, 1.165) is 10.0 Å². The van der Waals surface area contributed by atoms with Crippen LogP contribution in [0.1, 0.15) is 15.9 Å². The molecule has 0 fully saturated rings. The summed E-state index contributed by atoms with van der Waals surface area (Å²) >= 11 is 15.2. The van der Waals surface area contributed by atoms with Gasteiger partial charge in [-0.15, -0.1) is 0 Å². The zero-order valence-corrected chi connectivity index (χ0v) is 13.7. The van der Waals surface area contributed by atoms with Crippen LogP contribution >= 0.6 is 39.1 Å². The smallest absolute Gasteiger partial charge is 0.201 e. The third-order valence-corrected chi connectivity index (χ3v) is 3.80. The summed E-state index contributed by atoms with van der Waals surface area (Å²) in [5.41, 5.74) is 1.32. The first-order chi connectivity index (χ1) is 9.47. The van der Waals surface area contributed by atoms with Gasteiger partial charge < -0.3 is 4.74 Å². The van der Waals surface area contributed by atoms with Crippen LogP contribution in [0.4, 0.5) is 0 Å². The van der Waals surface area contributed by atoms with Gasteiger partial charge in [0.15, 0.2) is 6.61 Å². The number of Topliss-reactive ketones (excluding diaryl/α,β-unsaturated/α-hetero) is 1. The van der Waals surface area contributed by atoms with Crippen LogP contribution in [-0.4, -0.2) is 12.4 Å². The summed E-state index contributed by atoms with van der Waals surface area (Å²) in [5, 5.41) is 0.838. The molecule has 0 aliphatic carbocycles. The van der Waals surface area contributed by atoms with E-state index in [1.54, 1.807) is 18.2 Å². The highest BCUT2D eigenvalue weighted by molar-refractivity contribution is 9.10. The predicted molar refractivity (Wildman–Crippen MR) is 85.2 cm³/mol. The van der Waals surface area contributed by atoms with Crippen molar-refractivity contribution in [1.82, 2.24) is 0 Å². The topological polar surface area (TPSA) is 26.3 Å². The molecule has 0 aliphatic rings. The molecule has 0 heterocycles. The molecular formula is C15H11BrCl2O2. The van der Waals surface area contributed by atoms with Gasteiger partial charge in [-0.1, -0.05) is 45.2 Å². The number of ketones is 1. The third-order valence-electron chi connectivity index (χ3n) is 2.74. The lowest BCUT2D eigenvalue weighted by Gasteiger charge is -2.10. The summed E-state index contributed by atoms with van der Waals surface area (Å²) in [7, 11) is 0. The summed E-state index contributed by atoms with van der Waals surface area (Å²) in [6.45, 7) is 1.83. The van der Waals surface area contributed by atoms with Crippen LogP contribution < -0.4 is 4.74 Å². The van der Waals surface area contributed by atoms with Gasteiger partial charge in [0.1, 0.15) is 5.75 Å². The molecule has 0 saturated carbocycles. The van der Waals surface area contributed by atoms with Crippen LogP contribution in [0.25, 0.3) is 0 Å². The number of carbonyl (C=O) groups excluding carboxylic acids is 1. The maximum Gasteiger partial charge on any atom is 0.201 e. The monoisotopic (exact) mass is 372 g/mol. The molecule has 0 unspecified atom stereocenters. The number of aryl methyl sites for hydroxylation is 1. The number of halogens is 3. The fourth-order valence-corrected chi connectivity index (χ4v) is 2.40. The standard InChI is InChI=1S/C15H11BrCl2O2/c1-9-2-3-10(16)6-15(9)20-8-14(19)12-7-11(17)4-5-13(12)18/h2-7H,8H2,1H3. The Morgan fingerprint density at radius 1 is 1.20 bits per heavy atom. The molecule has 20 heavy (non-hydrogen) atoms. The highest BCUT2D eigenvalue weighted by Crippen LogP contribution is 2.24. The van der Waals surface area contributed by atoms with Crippen LogP contribution in [0.15, 0.2) is 40.9 Å². The van der Waals surface area contributed by atoms with Crippen molar-refractivity contribution in [3.8, 4) is 5.75 Å². The van der Waals surface area contributed by atoms with E-state index >= 15 is 0 Å². The lowest BCUT2D eigenvalue weighted by molar-refractivity contribution is 0.0921. The first kappa shape index (κ1) is 15.4. The molecule has 104 valence electrons. The Morgan fingerprint density at radius 3 is 2.70 bits per heavy atom. The van der Waals surface area contributed by atoms with Gasteiger partial charge in [-0.05, 0) is 42.8 Å². The Labute approximate surface area is 135 Å². The third kappa shape index (κ3) is 3.75. The molecule has 0 amide bonds. The lowest BCUT2D eigenvalue weighted by atomic mass is 10.1. The summed E-state index contributed by atoms with van der Waals surface area (Å²) in [4.78, 5) is 12.1. The molecule has 2 aromatic carbocycles. The molecule has 0 spiro atoms. The van der Waals surface area contributed by atoms with Crippen molar-refractivity contribution in [1.29, 1.82) is 0 Å². The van der Waals surface area contributed by atoms with Crippen molar-refractivity contribution in [3.05, 3.63) is 62.0 Å². The summed E-state index contributed by atoms with van der Waals surface area (Å²) in [5.74, 6) is 0.447. The highest BCUT2D eigenvalue weighted by Gasteiger charge is 2.12. The molecule has 2 rings (SSSR count). The van der Waals surface area contributed by atoms with E-state index < -0.39 is 0 Å². The molecule has 2 nitrogen and oxygen atoms in total. The maximum absolute atomic E-state index is 12.1. The summed E-state index contributed by atoms with van der Waals surface area (Å²) in [6, 6.07) is 10.4. The van der Waals surface area contributed by atoms with Crippen LogP contribution in [0.5, 0.6) is 5.75 Å². The first-order valence-electron chi connectivity index (χ1n) is 5.84.